The molecule has 0 spiro atoms. The van der Waals surface area contributed by atoms with E-state index in [2.05, 4.69) is 15.4 Å². The second-order valence-corrected chi connectivity index (χ2v) is 6.06. The standard InChI is InChI=1S/C21H22F2N2O5/c1-13-7-9-16(28-2)15(11-13)25-19(27)12-24-18(26)10-8-14-5-4-6-17(29-3)20(14)30-21(22)23/h4-11,21H,12H2,1-3H3,(H,24,26)(H,25,27)/b10-8+. The molecule has 0 saturated heterocycles. The maximum atomic E-state index is 12.6. The van der Waals surface area contributed by atoms with Gasteiger partial charge in [0, 0.05) is 11.6 Å². The minimum atomic E-state index is -3.05. The van der Waals surface area contributed by atoms with Gasteiger partial charge in [-0.1, -0.05) is 18.2 Å². The fourth-order valence-corrected chi connectivity index (χ4v) is 2.55. The van der Waals surface area contributed by atoms with Crippen LogP contribution in [0.15, 0.2) is 42.5 Å². The van der Waals surface area contributed by atoms with Crippen LogP contribution in [0.1, 0.15) is 11.1 Å². The van der Waals surface area contributed by atoms with E-state index in [4.69, 9.17) is 9.47 Å². The van der Waals surface area contributed by atoms with Gasteiger partial charge in [0.05, 0.1) is 26.5 Å². The summed E-state index contributed by atoms with van der Waals surface area (Å²) in [6.07, 6.45) is 2.39. The molecule has 0 unspecified atom stereocenters. The summed E-state index contributed by atoms with van der Waals surface area (Å²) in [5, 5.41) is 5.07. The van der Waals surface area contributed by atoms with Crippen LogP contribution in [0.25, 0.3) is 6.08 Å². The molecule has 2 aromatic rings. The summed E-state index contributed by atoms with van der Waals surface area (Å²) in [6, 6.07) is 9.81. The largest absolute Gasteiger partial charge is 0.495 e. The van der Waals surface area contributed by atoms with E-state index >= 15 is 0 Å². The Morgan fingerprint density at radius 2 is 1.83 bits per heavy atom. The number of halogens is 2. The summed E-state index contributed by atoms with van der Waals surface area (Å²) in [6.45, 7) is -1.48. The maximum absolute atomic E-state index is 12.6. The summed E-state index contributed by atoms with van der Waals surface area (Å²) in [5.41, 5.74) is 1.63. The number of hydrogen-bond acceptors (Lipinski definition) is 5. The number of aryl methyl sites for hydroxylation is 1. The van der Waals surface area contributed by atoms with Gasteiger partial charge in [-0.05, 0) is 36.8 Å². The molecule has 0 saturated carbocycles. The summed E-state index contributed by atoms with van der Waals surface area (Å²) in [7, 11) is 2.80. The second kappa shape index (κ2) is 10.8. The average molecular weight is 420 g/mol. The molecule has 0 fully saturated rings. The Kier molecular flexibility index (Phi) is 8.16. The number of methoxy groups -OCH3 is 2. The fraction of sp³-hybridized carbons (Fsp3) is 0.238. The highest BCUT2D eigenvalue weighted by Crippen LogP contribution is 2.33. The minimum Gasteiger partial charge on any atom is -0.495 e. The van der Waals surface area contributed by atoms with E-state index < -0.39 is 18.4 Å². The number of amides is 2. The van der Waals surface area contributed by atoms with Crippen LogP contribution in [-0.4, -0.2) is 39.2 Å². The van der Waals surface area contributed by atoms with Crippen LogP contribution in [-0.2, 0) is 9.59 Å². The molecule has 30 heavy (non-hydrogen) atoms. The zero-order chi connectivity index (χ0) is 22.1. The number of hydrogen-bond donors (Lipinski definition) is 2. The number of benzene rings is 2. The monoisotopic (exact) mass is 420 g/mol. The Morgan fingerprint density at radius 1 is 1.10 bits per heavy atom. The Labute approximate surface area is 172 Å². The lowest BCUT2D eigenvalue weighted by Gasteiger charge is -2.12. The first-order chi connectivity index (χ1) is 14.3. The molecule has 2 aromatic carbocycles. The summed E-state index contributed by atoms with van der Waals surface area (Å²) in [4.78, 5) is 24.1. The number of para-hydroxylation sites is 1. The summed E-state index contributed by atoms with van der Waals surface area (Å²) < 4.78 is 40.0. The number of carbonyl (C=O) groups is 2. The molecule has 0 aliphatic heterocycles. The van der Waals surface area contributed by atoms with Gasteiger partial charge in [0.15, 0.2) is 11.5 Å². The molecule has 2 N–H and O–H groups in total. The van der Waals surface area contributed by atoms with E-state index in [0.29, 0.717) is 11.4 Å². The lowest BCUT2D eigenvalue weighted by atomic mass is 10.1. The predicted octanol–water partition coefficient (Wildman–Crippen LogP) is 3.38. The van der Waals surface area contributed by atoms with Gasteiger partial charge in [0.25, 0.3) is 0 Å². The van der Waals surface area contributed by atoms with Crippen molar-refractivity contribution in [1.29, 1.82) is 0 Å². The zero-order valence-corrected chi connectivity index (χ0v) is 16.7. The van der Waals surface area contributed by atoms with Crippen molar-refractivity contribution in [3.8, 4) is 17.2 Å². The molecular weight excluding hydrogens is 398 g/mol. The van der Waals surface area contributed by atoms with Crippen molar-refractivity contribution in [3.63, 3.8) is 0 Å². The quantitative estimate of drug-likeness (QED) is 0.608. The topological polar surface area (TPSA) is 85.9 Å². The molecule has 0 bridgehead atoms. The molecule has 160 valence electrons. The van der Waals surface area contributed by atoms with Gasteiger partial charge >= 0.3 is 6.61 Å². The van der Waals surface area contributed by atoms with Crippen molar-refractivity contribution >= 4 is 23.6 Å². The Bertz CT molecular complexity index is 932. The van der Waals surface area contributed by atoms with Crippen LogP contribution in [0.2, 0.25) is 0 Å². The number of ether oxygens (including phenoxy) is 3. The third-order valence-corrected chi connectivity index (χ3v) is 3.90. The van der Waals surface area contributed by atoms with Gasteiger partial charge in [-0.25, -0.2) is 0 Å². The van der Waals surface area contributed by atoms with Crippen molar-refractivity contribution < 1.29 is 32.6 Å². The zero-order valence-electron chi connectivity index (χ0n) is 16.7. The molecule has 7 nitrogen and oxygen atoms in total. The Balaban J connectivity index is 1.99. The third kappa shape index (κ3) is 6.47. The van der Waals surface area contributed by atoms with Crippen molar-refractivity contribution in [3.05, 3.63) is 53.6 Å². The van der Waals surface area contributed by atoms with Crippen LogP contribution < -0.4 is 24.8 Å². The minimum absolute atomic E-state index is 0.101. The number of rotatable bonds is 9. The van der Waals surface area contributed by atoms with E-state index in [-0.39, 0.29) is 23.6 Å². The fourth-order valence-electron chi connectivity index (χ4n) is 2.55. The normalized spacial score (nSPS) is 10.7. The molecule has 0 aliphatic rings. The van der Waals surface area contributed by atoms with Gasteiger partial charge in [-0.3, -0.25) is 9.59 Å². The summed E-state index contributed by atoms with van der Waals surface area (Å²) >= 11 is 0. The van der Waals surface area contributed by atoms with Crippen LogP contribution >= 0.6 is 0 Å². The summed E-state index contributed by atoms with van der Waals surface area (Å²) in [5.74, 6) is -0.645. The Hall–Kier alpha value is -3.62. The molecule has 0 heterocycles. The van der Waals surface area contributed by atoms with E-state index in [9.17, 15) is 18.4 Å². The highest BCUT2D eigenvalue weighted by Gasteiger charge is 2.14. The van der Waals surface area contributed by atoms with Crippen molar-refractivity contribution in [2.75, 3.05) is 26.1 Å². The highest BCUT2D eigenvalue weighted by molar-refractivity contribution is 5.98. The molecular formula is C21H22F2N2O5. The van der Waals surface area contributed by atoms with Crippen molar-refractivity contribution in [1.82, 2.24) is 5.32 Å². The first-order valence-corrected chi connectivity index (χ1v) is 8.86. The molecule has 0 atom stereocenters. The molecule has 9 heteroatoms. The van der Waals surface area contributed by atoms with Gasteiger partial charge in [-0.15, -0.1) is 0 Å². The SMILES string of the molecule is COc1ccc(C)cc1NC(=O)CNC(=O)/C=C/c1cccc(OC)c1OC(F)F. The highest BCUT2D eigenvalue weighted by atomic mass is 19.3. The molecule has 0 radical (unpaired) electrons. The predicted molar refractivity (Wildman–Crippen MR) is 108 cm³/mol. The second-order valence-electron chi connectivity index (χ2n) is 6.06. The number of nitrogens with one attached hydrogen (secondary N) is 2. The smallest absolute Gasteiger partial charge is 0.387 e. The van der Waals surface area contributed by atoms with Gasteiger partial charge in [0.2, 0.25) is 11.8 Å². The first kappa shape index (κ1) is 22.7. The molecule has 0 aromatic heterocycles. The van der Waals surface area contributed by atoms with Gasteiger partial charge in [-0.2, -0.15) is 8.78 Å². The first-order valence-electron chi connectivity index (χ1n) is 8.86. The molecule has 2 rings (SSSR count). The molecule has 2 amide bonds. The van der Waals surface area contributed by atoms with Crippen LogP contribution in [0, 0.1) is 6.92 Å². The lowest BCUT2D eigenvalue weighted by Crippen LogP contribution is -2.31. The number of anilines is 1. The van der Waals surface area contributed by atoms with Gasteiger partial charge in [0.1, 0.15) is 5.75 Å². The van der Waals surface area contributed by atoms with E-state index in [1.54, 1.807) is 18.2 Å². The van der Waals surface area contributed by atoms with E-state index in [1.807, 2.05) is 13.0 Å². The van der Waals surface area contributed by atoms with Crippen molar-refractivity contribution in [2.24, 2.45) is 0 Å². The van der Waals surface area contributed by atoms with Crippen molar-refractivity contribution in [2.45, 2.75) is 13.5 Å². The van der Waals surface area contributed by atoms with Gasteiger partial charge < -0.3 is 24.8 Å². The number of alkyl halides is 2. The third-order valence-electron chi connectivity index (χ3n) is 3.90. The molecule has 0 aliphatic carbocycles. The van der Waals surface area contributed by atoms with Crippen LogP contribution in [0.4, 0.5) is 14.5 Å². The maximum Gasteiger partial charge on any atom is 0.387 e. The lowest BCUT2D eigenvalue weighted by molar-refractivity contribution is -0.121. The van der Waals surface area contributed by atoms with Crippen LogP contribution in [0.5, 0.6) is 17.2 Å². The van der Waals surface area contributed by atoms with Crippen LogP contribution in [0.3, 0.4) is 0 Å². The Morgan fingerprint density at radius 3 is 2.50 bits per heavy atom. The average Bonchev–Trinajstić information content (AvgIpc) is 2.71. The van der Waals surface area contributed by atoms with E-state index in [0.717, 1.165) is 11.6 Å². The van der Waals surface area contributed by atoms with E-state index in [1.165, 1.54) is 32.4 Å². The number of carbonyl (C=O) groups excluding carboxylic acids is 2.